The van der Waals surface area contributed by atoms with E-state index in [2.05, 4.69) is 35.0 Å². The summed E-state index contributed by atoms with van der Waals surface area (Å²) in [7, 11) is 0. The third kappa shape index (κ3) is 4.18. The van der Waals surface area contributed by atoms with Gasteiger partial charge < -0.3 is 4.74 Å². The molecule has 0 heterocycles. The van der Waals surface area contributed by atoms with Crippen LogP contribution in [0.3, 0.4) is 0 Å². The largest absolute Gasteiger partial charge is 0.456 e. The monoisotopic (exact) mass is 346 g/mol. The molecular weight excluding hydrogens is 328 g/mol. The molecule has 110 valence electrons. The number of carbonyl (C=O) groups excluding carboxylic acids is 1. The van der Waals surface area contributed by atoms with Crippen LogP contribution in [0.1, 0.15) is 36.7 Å². The van der Waals surface area contributed by atoms with Crippen LogP contribution in [0.2, 0.25) is 0 Å². The van der Waals surface area contributed by atoms with Crippen molar-refractivity contribution in [1.82, 2.24) is 0 Å². The molecule has 0 spiro atoms. The van der Waals surface area contributed by atoms with Crippen molar-refractivity contribution in [2.75, 3.05) is 0 Å². The fourth-order valence-electron chi connectivity index (χ4n) is 2.10. The van der Waals surface area contributed by atoms with Crippen LogP contribution in [0.5, 0.6) is 0 Å². The van der Waals surface area contributed by atoms with Gasteiger partial charge in [0.25, 0.3) is 0 Å². The van der Waals surface area contributed by atoms with Gasteiger partial charge in [-0.3, -0.25) is 0 Å². The Bertz CT molecular complexity index is 669. The van der Waals surface area contributed by atoms with Gasteiger partial charge in [-0.25, -0.2) is 4.79 Å². The molecule has 2 aromatic carbocycles. The molecule has 0 atom stereocenters. The molecule has 0 aromatic heterocycles. The Kier molecular flexibility index (Phi) is 4.52. The minimum atomic E-state index is -0.498. The molecule has 2 nitrogen and oxygen atoms in total. The Morgan fingerprint density at radius 1 is 1.10 bits per heavy atom. The zero-order chi connectivity index (χ0) is 15.6. The topological polar surface area (TPSA) is 26.3 Å². The third-order valence-electron chi connectivity index (χ3n) is 2.99. The van der Waals surface area contributed by atoms with Crippen LogP contribution in [-0.2, 0) is 4.74 Å². The van der Waals surface area contributed by atoms with E-state index in [1.807, 2.05) is 45.0 Å². The quantitative estimate of drug-likeness (QED) is 0.682. The van der Waals surface area contributed by atoms with Crippen LogP contribution in [-0.4, -0.2) is 11.6 Å². The van der Waals surface area contributed by atoms with E-state index in [0.717, 1.165) is 15.6 Å². The van der Waals surface area contributed by atoms with Crippen molar-refractivity contribution in [2.45, 2.75) is 33.3 Å². The Morgan fingerprint density at radius 2 is 1.76 bits per heavy atom. The summed E-state index contributed by atoms with van der Waals surface area (Å²) in [6, 6.07) is 13.8. The number of hydrogen-bond acceptors (Lipinski definition) is 2. The molecule has 0 amide bonds. The highest BCUT2D eigenvalue weighted by Gasteiger charge is 2.19. The summed E-state index contributed by atoms with van der Waals surface area (Å²) in [5, 5.41) is 0. The van der Waals surface area contributed by atoms with E-state index in [1.54, 1.807) is 6.07 Å². The van der Waals surface area contributed by atoms with Crippen molar-refractivity contribution < 1.29 is 9.53 Å². The van der Waals surface area contributed by atoms with Crippen LogP contribution in [0.4, 0.5) is 0 Å². The molecule has 0 saturated heterocycles. The Labute approximate surface area is 134 Å². The maximum atomic E-state index is 12.2. The number of aryl methyl sites for hydroxylation is 1. The first kappa shape index (κ1) is 15.8. The van der Waals surface area contributed by atoms with Crippen LogP contribution in [0.15, 0.2) is 46.9 Å². The van der Waals surface area contributed by atoms with Crippen LogP contribution in [0, 0.1) is 6.92 Å². The molecule has 2 rings (SSSR count). The first-order chi connectivity index (χ1) is 9.76. The molecule has 0 aliphatic rings. The molecule has 0 bridgehead atoms. The summed E-state index contributed by atoms with van der Waals surface area (Å²) >= 11 is 3.48. The Balaban J connectivity index is 2.43. The lowest BCUT2D eigenvalue weighted by Gasteiger charge is -2.20. The summed E-state index contributed by atoms with van der Waals surface area (Å²) in [6.45, 7) is 7.66. The molecule has 0 aliphatic heterocycles. The predicted octanol–water partition coefficient (Wildman–Crippen LogP) is 5.38. The number of ether oxygens (including phenoxy) is 1. The van der Waals surface area contributed by atoms with E-state index in [4.69, 9.17) is 4.74 Å². The highest BCUT2D eigenvalue weighted by molar-refractivity contribution is 9.10. The van der Waals surface area contributed by atoms with Gasteiger partial charge in [-0.1, -0.05) is 40.2 Å². The number of carbonyl (C=O) groups is 1. The molecule has 0 N–H and O–H groups in total. The fraction of sp³-hybridized carbons (Fsp3) is 0.278. The van der Waals surface area contributed by atoms with E-state index in [0.29, 0.717) is 5.56 Å². The molecule has 2 aromatic rings. The molecule has 21 heavy (non-hydrogen) atoms. The van der Waals surface area contributed by atoms with E-state index in [9.17, 15) is 4.79 Å². The van der Waals surface area contributed by atoms with E-state index in [-0.39, 0.29) is 5.97 Å². The van der Waals surface area contributed by atoms with Gasteiger partial charge >= 0.3 is 5.97 Å². The lowest BCUT2D eigenvalue weighted by Crippen LogP contribution is -2.23. The summed E-state index contributed by atoms with van der Waals surface area (Å²) in [5.74, 6) is -0.307. The van der Waals surface area contributed by atoms with Gasteiger partial charge in [-0.2, -0.15) is 0 Å². The summed E-state index contributed by atoms with van der Waals surface area (Å²) < 4.78 is 6.31. The summed E-state index contributed by atoms with van der Waals surface area (Å²) in [4.78, 5) is 12.2. The normalized spacial score (nSPS) is 11.3. The second-order valence-electron chi connectivity index (χ2n) is 6.05. The lowest BCUT2D eigenvalue weighted by molar-refractivity contribution is 0.00695. The van der Waals surface area contributed by atoms with E-state index in [1.165, 1.54) is 5.56 Å². The van der Waals surface area contributed by atoms with Crippen molar-refractivity contribution in [3.63, 3.8) is 0 Å². The number of esters is 1. The third-order valence-corrected chi connectivity index (χ3v) is 3.45. The fourth-order valence-corrected chi connectivity index (χ4v) is 2.59. The highest BCUT2D eigenvalue weighted by Crippen LogP contribution is 2.28. The van der Waals surface area contributed by atoms with Crippen molar-refractivity contribution >= 4 is 21.9 Å². The van der Waals surface area contributed by atoms with Gasteiger partial charge in [-0.05, 0) is 62.6 Å². The Hall–Kier alpha value is -1.61. The van der Waals surface area contributed by atoms with Gasteiger partial charge in [0, 0.05) is 4.47 Å². The average Bonchev–Trinajstić information content (AvgIpc) is 2.36. The van der Waals surface area contributed by atoms with Crippen molar-refractivity contribution in [1.29, 1.82) is 0 Å². The SMILES string of the molecule is Cc1ccccc1-c1cc(Br)cc(C(=O)OC(C)(C)C)c1. The maximum absolute atomic E-state index is 12.2. The minimum Gasteiger partial charge on any atom is -0.456 e. The molecule has 0 radical (unpaired) electrons. The number of rotatable bonds is 2. The standard InChI is InChI=1S/C18H19BrO2/c1-12-7-5-6-8-16(12)13-9-14(11-15(19)10-13)17(20)21-18(2,3)4/h5-11H,1-4H3. The van der Waals surface area contributed by atoms with Crippen molar-refractivity contribution in [2.24, 2.45) is 0 Å². The average molecular weight is 347 g/mol. The number of halogens is 1. The van der Waals surface area contributed by atoms with Gasteiger partial charge in [0.1, 0.15) is 5.60 Å². The zero-order valence-electron chi connectivity index (χ0n) is 12.7. The van der Waals surface area contributed by atoms with Crippen LogP contribution >= 0.6 is 15.9 Å². The second-order valence-corrected chi connectivity index (χ2v) is 6.96. The number of benzene rings is 2. The minimum absolute atomic E-state index is 0.307. The smallest absolute Gasteiger partial charge is 0.338 e. The molecule has 0 unspecified atom stereocenters. The number of hydrogen-bond donors (Lipinski definition) is 0. The van der Waals surface area contributed by atoms with Crippen LogP contribution in [0.25, 0.3) is 11.1 Å². The zero-order valence-corrected chi connectivity index (χ0v) is 14.3. The maximum Gasteiger partial charge on any atom is 0.338 e. The Morgan fingerprint density at radius 3 is 2.38 bits per heavy atom. The van der Waals surface area contributed by atoms with E-state index >= 15 is 0 Å². The molecule has 0 fully saturated rings. The van der Waals surface area contributed by atoms with E-state index < -0.39 is 5.60 Å². The molecular formula is C18H19BrO2. The first-order valence-corrected chi connectivity index (χ1v) is 7.65. The first-order valence-electron chi connectivity index (χ1n) is 6.86. The summed E-state index contributed by atoms with van der Waals surface area (Å²) in [6.07, 6.45) is 0. The van der Waals surface area contributed by atoms with Gasteiger partial charge in [0.15, 0.2) is 0 Å². The van der Waals surface area contributed by atoms with Gasteiger partial charge in [-0.15, -0.1) is 0 Å². The summed E-state index contributed by atoms with van der Waals surface area (Å²) in [5.41, 5.74) is 3.35. The van der Waals surface area contributed by atoms with Gasteiger partial charge in [0.05, 0.1) is 5.56 Å². The van der Waals surface area contributed by atoms with Crippen molar-refractivity contribution in [3.8, 4) is 11.1 Å². The lowest BCUT2D eigenvalue weighted by atomic mass is 9.99. The molecule has 0 aliphatic carbocycles. The van der Waals surface area contributed by atoms with Crippen LogP contribution < -0.4 is 0 Å². The molecule has 0 saturated carbocycles. The second kappa shape index (κ2) is 6.02. The predicted molar refractivity (Wildman–Crippen MR) is 89.5 cm³/mol. The highest BCUT2D eigenvalue weighted by atomic mass is 79.9. The van der Waals surface area contributed by atoms with Crippen molar-refractivity contribution in [3.05, 3.63) is 58.1 Å². The molecule has 3 heteroatoms. The van der Waals surface area contributed by atoms with Gasteiger partial charge in [0.2, 0.25) is 0 Å².